The third-order valence-corrected chi connectivity index (χ3v) is 5.34. The van der Waals surface area contributed by atoms with Crippen LogP contribution in [0.3, 0.4) is 0 Å². The van der Waals surface area contributed by atoms with Crippen LogP contribution in [0.15, 0.2) is 69.9 Å². The van der Waals surface area contributed by atoms with E-state index in [1.165, 1.54) is 69.9 Å². The number of carbonyl (C=O) groups excluding carboxylic acids is 1. The highest BCUT2D eigenvalue weighted by atomic mass is 19.4. The van der Waals surface area contributed by atoms with Crippen molar-refractivity contribution in [2.75, 3.05) is 21.3 Å². The average Bonchev–Trinajstić information content (AvgIpc) is 2.87. The van der Waals surface area contributed by atoms with Crippen molar-refractivity contribution in [1.82, 2.24) is 0 Å². The van der Waals surface area contributed by atoms with Gasteiger partial charge < -0.3 is 23.4 Å². The van der Waals surface area contributed by atoms with Crippen LogP contribution in [0.1, 0.15) is 16.1 Å². The van der Waals surface area contributed by atoms with Crippen molar-refractivity contribution < 1.29 is 41.3 Å². The summed E-state index contributed by atoms with van der Waals surface area (Å²) in [7, 11) is 4.12. The van der Waals surface area contributed by atoms with Crippen molar-refractivity contribution in [2.24, 2.45) is 0 Å². The van der Waals surface area contributed by atoms with E-state index < -0.39 is 34.5 Å². The van der Waals surface area contributed by atoms with Gasteiger partial charge in [-0.1, -0.05) is 18.2 Å². The molecule has 0 saturated carbocycles. The van der Waals surface area contributed by atoms with E-state index in [-0.39, 0.29) is 33.8 Å². The summed E-state index contributed by atoms with van der Waals surface area (Å²) < 4.78 is 67.7. The van der Waals surface area contributed by atoms with E-state index in [4.69, 9.17) is 23.4 Å². The normalized spacial score (nSPS) is 11.3. The van der Waals surface area contributed by atoms with Gasteiger partial charge in [0.15, 0.2) is 0 Å². The van der Waals surface area contributed by atoms with Gasteiger partial charge in [0.1, 0.15) is 34.1 Å². The molecular weight excluding hydrogens is 481 g/mol. The van der Waals surface area contributed by atoms with E-state index in [0.29, 0.717) is 5.75 Å². The molecule has 0 fully saturated rings. The molecule has 0 bridgehead atoms. The molecule has 0 amide bonds. The van der Waals surface area contributed by atoms with Crippen LogP contribution in [-0.2, 0) is 6.18 Å². The molecule has 0 atom stereocenters. The third kappa shape index (κ3) is 4.57. The highest BCUT2D eigenvalue weighted by Gasteiger charge is 2.39. The molecule has 0 N–H and O–H groups in total. The van der Waals surface area contributed by atoms with Crippen LogP contribution < -0.4 is 24.4 Å². The number of halogens is 3. The van der Waals surface area contributed by atoms with E-state index in [2.05, 4.69) is 0 Å². The molecule has 1 aromatic heterocycles. The largest absolute Gasteiger partial charge is 0.497 e. The first-order chi connectivity index (χ1) is 17.2. The number of benzene rings is 3. The molecule has 36 heavy (non-hydrogen) atoms. The first-order valence-electron chi connectivity index (χ1n) is 10.4. The second kappa shape index (κ2) is 9.65. The van der Waals surface area contributed by atoms with Crippen molar-refractivity contribution in [3.63, 3.8) is 0 Å². The van der Waals surface area contributed by atoms with Crippen LogP contribution in [0.2, 0.25) is 0 Å². The van der Waals surface area contributed by atoms with E-state index in [1.54, 1.807) is 6.07 Å². The Morgan fingerprint density at radius 3 is 2.00 bits per heavy atom. The Morgan fingerprint density at radius 2 is 1.44 bits per heavy atom. The summed E-state index contributed by atoms with van der Waals surface area (Å²) in [4.78, 5) is 26.0. The number of hydrogen-bond donors (Lipinski definition) is 0. The van der Waals surface area contributed by atoms with Gasteiger partial charge in [-0.15, -0.1) is 0 Å². The van der Waals surface area contributed by atoms with Crippen LogP contribution >= 0.6 is 0 Å². The van der Waals surface area contributed by atoms with Crippen molar-refractivity contribution in [3.05, 3.63) is 82.2 Å². The molecule has 7 nitrogen and oxygen atoms in total. The average molecular weight is 500 g/mol. The standard InChI is InChI=1S/C26H19F3O7/c1-32-15-9-7-14(8-10-15)21-23(30)17-12-11-16(13-20(17)36-24(21)26(27,28)29)35-25(31)22-18(33-2)5-4-6-19(22)34-3/h4-13H,1-3H3. The summed E-state index contributed by atoms with van der Waals surface area (Å²) in [6, 6.07) is 13.8. The van der Waals surface area contributed by atoms with Crippen molar-refractivity contribution in [2.45, 2.75) is 6.18 Å². The zero-order chi connectivity index (χ0) is 26.0. The summed E-state index contributed by atoms with van der Waals surface area (Å²) in [6.07, 6.45) is -4.97. The van der Waals surface area contributed by atoms with E-state index >= 15 is 0 Å². The van der Waals surface area contributed by atoms with Gasteiger partial charge in [0, 0.05) is 6.07 Å². The Labute approximate surface area is 202 Å². The van der Waals surface area contributed by atoms with Crippen LogP contribution in [0.25, 0.3) is 22.1 Å². The molecule has 0 aliphatic carbocycles. The van der Waals surface area contributed by atoms with Gasteiger partial charge in [-0.05, 0) is 42.0 Å². The molecule has 10 heteroatoms. The zero-order valence-electron chi connectivity index (χ0n) is 19.3. The predicted molar refractivity (Wildman–Crippen MR) is 124 cm³/mol. The number of alkyl halides is 3. The van der Waals surface area contributed by atoms with Crippen LogP contribution in [0.4, 0.5) is 13.2 Å². The maximum atomic E-state index is 13.9. The third-order valence-electron chi connectivity index (χ3n) is 5.34. The smallest absolute Gasteiger partial charge is 0.450 e. The number of fused-ring (bicyclic) bond motifs is 1. The van der Waals surface area contributed by atoms with E-state index in [9.17, 15) is 22.8 Å². The summed E-state index contributed by atoms with van der Waals surface area (Å²) >= 11 is 0. The molecule has 0 radical (unpaired) electrons. The molecule has 0 spiro atoms. The first-order valence-corrected chi connectivity index (χ1v) is 10.4. The van der Waals surface area contributed by atoms with Gasteiger partial charge in [-0.3, -0.25) is 4.79 Å². The molecule has 0 saturated heterocycles. The lowest BCUT2D eigenvalue weighted by molar-refractivity contribution is -0.152. The molecule has 186 valence electrons. The minimum atomic E-state index is -4.97. The highest BCUT2D eigenvalue weighted by molar-refractivity contribution is 5.97. The van der Waals surface area contributed by atoms with Gasteiger partial charge in [0.2, 0.25) is 11.2 Å². The summed E-state index contributed by atoms with van der Waals surface area (Å²) in [5.41, 5.74) is -1.94. The highest BCUT2D eigenvalue weighted by Crippen LogP contribution is 2.38. The number of rotatable bonds is 6. The lowest BCUT2D eigenvalue weighted by Crippen LogP contribution is -2.16. The van der Waals surface area contributed by atoms with Gasteiger partial charge in [0.25, 0.3) is 0 Å². The molecular formula is C26H19F3O7. The fourth-order valence-electron chi connectivity index (χ4n) is 3.67. The number of hydrogen-bond acceptors (Lipinski definition) is 7. The molecule has 0 aliphatic heterocycles. The zero-order valence-corrected chi connectivity index (χ0v) is 19.3. The summed E-state index contributed by atoms with van der Waals surface area (Å²) in [5.74, 6) is -1.73. The first kappa shape index (κ1) is 24.6. The van der Waals surface area contributed by atoms with Crippen LogP contribution in [0.5, 0.6) is 23.0 Å². The number of methoxy groups -OCH3 is 3. The number of esters is 1. The Bertz CT molecular complexity index is 1470. The number of ether oxygens (including phenoxy) is 4. The maximum Gasteiger partial charge on any atom is 0.450 e. The maximum absolute atomic E-state index is 13.9. The van der Waals surface area contributed by atoms with Crippen LogP contribution in [0, 0.1) is 0 Å². The summed E-state index contributed by atoms with van der Waals surface area (Å²) in [6.45, 7) is 0. The van der Waals surface area contributed by atoms with Gasteiger partial charge in [0.05, 0.1) is 32.3 Å². The molecule has 4 rings (SSSR count). The lowest BCUT2D eigenvalue weighted by Gasteiger charge is -2.14. The monoisotopic (exact) mass is 500 g/mol. The topological polar surface area (TPSA) is 84.2 Å². The Kier molecular flexibility index (Phi) is 6.61. The molecule has 0 unspecified atom stereocenters. The summed E-state index contributed by atoms with van der Waals surface area (Å²) in [5, 5.41) is -0.122. The second-order valence-corrected chi connectivity index (χ2v) is 7.45. The van der Waals surface area contributed by atoms with E-state index in [0.717, 1.165) is 6.07 Å². The fraction of sp³-hybridized carbons (Fsp3) is 0.154. The van der Waals surface area contributed by atoms with Gasteiger partial charge in [-0.2, -0.15) is 13.2 Å². The number of carbonyl (C=O) groups is 1. The minimum absolute atomic E-state index is 0.0116. The molecule has 1 heterocycles. The Morgan fingerprint density at radius 1 is 0.833 bits per heavy atom. The second-order valence-electron chi connectivity index (χ2n) is 7.45. The van der Waals surface area contributed by atoms with Gasteiger partial charge in [-0.25, -0.2) is 4.79 Å². The van der Waals surface area contributed by atoms with E-state index in [1.807, 2.05) is 0 Å². The van der Waals surface area contributed by atoms with Gasteiger partial charge >= 0.3 is 12.1 Å². The molecule has 3 aromatic carbocycles. The minimum Gasteiger partial charge on any atom is -0.497 e. The fourth-order valence-corrected chi connectivity index (χ4v) is 3.67. The quantitative estimate of drug-likeness (QED) is 0.247. The predicted octanol–water partition coefficient (Wildman–Crippen LogP) is 5.72. The van der Waals surface area contributed by atoms with Crippen molar-refractivity contribution in [3.8, 4) is 34.1 Å². The lowest BCUT2D eigenvalue weighted by atomic mass is 10.0. The van der Waals surface area contributed by atoms with Crippen LogP contribution in [-0.4, -0.2) is 27.3 Å². The van der Waals surface area contributed by atoms with Crippen molar-refractivity contribution >= 4 is 16.9 Å². The molecule has 4 aromatic rings. The Balaban J connectivity index is 1.81. The SMILES string of the molecule is COc1ccc(-c2c(C(F)(F)F)oc3cc(OC(=O)c4c(OC)cccc4OC)ccc3c2=O)cc1. The van der Waals surface area contributed by atoms with Crippen molar-refractivity contribution in [1.29, 1.82) is 0 Å². The Hall–Kier alpha value is -4.47. The molecule has 0 aliphatic rings.